The van der Waals surface area contributed by atoms with Crippen molar-refractivity contribution in [2.75, 3.05) is 25.5 Å². The first-order chi connectivity index (χ1) is 12.9. The molecule has 1 aliphatic rings. The molecule has 0 unspecified atom stereocenters. The normalized spacial score (nSPS) is 15.3. The lowest BCUT2D eigenvalue weighted by Crippen LogP contribution is -2.35. The number of likely N-dealkylation sites (tertiary alicyclic amines) is 1. The summed E-state index contributed by atoms with van der Waals surface area (Å²) < 4.78 is 19.8. The molecule has 9 heteroatoms. The highest BCUT2D eigenvalue weighted by atomic mass is 19.1. The summed E-state index contributed by atoms with van der Waals surface area (Å²) in [4.78, 5) is 28.6. The van der Waals surface area contributed by atoms with E-state index < -0.39 is 22.3 Å². The van der Waals surface area contributed by atoms with Crippen LogP contribution in [0.15, 0.2) is 36.4 Å². The number of anilines is 1. The Labute approximate surface area is 155 Å². The Kier molecular flexibility index (Phi) is 5.60. The molecule has 1 saturated heterocycles. The Morgan fingerprint density at radius 1 is 1.33 bits per heavy atom. The van der Waals surface area contributed by atoms with Gasteiger partial charge in [-0.25, -0.2) is 4.39 Å². The Morgan fingerprint density at radius 2 is 2.07 bits per heavy atom. The number of carbonyl (C=O) groups is 1. The number of amides is 1. The molecule has 1 amide bonds. The van der Waals surface area contributed by atoms with Gasteiger partial charge >= 0.3 is 0 Å². The summed E-state index contributed by atoms with van der Waals surface area (Å²) in [6, 6.07) is 7.79. The van der Waals surface area contributed by atoms with Crippen LogP contribution in [0.1, 0.15) is 23.2 Å². The van der Waals surface area contributed by atoms with Gasteiger partial charge in [-0.05, 0) is 32.0 Å². The number of halogens is 1. The van der Waals surface area contributed by atoms with E-state index >= 15 is 0 Å². The van der Waals surface area contributed by atoms with E-state index in [0.29, 0.717) is 11.9 Å². The van der Waals surface area contributed by atoms with E-state index in [1.165, 1.54) is 0 Å². The van der Waals surface area contributed by atoms with Crippen molar-refractivity contribution < 1.29 is 18.8 Å². The molecule has 0 bridgehead atoms. The standard InChI is InChI=1S/C18H19FN4O4/c1-22-9-7-13(8-10-22)27-17-4-2-3-16(20-17)21-18(24)14-6-5-12(23(25)26)11-15(14)19/h2-6,11,13H,7-10H2,1H3,(H,20,21,24). The van der Waals surface area contributed by atoms with Crippen LogP contribution in [0, 0.1) is 15.9 Å². The summed E-state index contributed by atoms with van der Waals surface area (Å²) in [6.45, 7) is 1.89. The van der Waals surface area contributed by atoms with Gasteiger partial charge in [0.15, 0.2) is 0 Å². The highest BCUT2D eigenvalue weighted by Crippen LogP contribution is 2.20. The maximum absolute atomic E-state index is 14.0. The second-order valence-corrected chi connectivity index (χ2v) is 6.36. The quantitative estimate of drug-likeness (QED) is 0.638. The molecule has 3 rings (SSSR count). The highest BCUT2D eigenvalue weighted by Gasteiger charge is 2.19. The van der Waals surface area contributed by atoms with Crippen LogP contribution < -0.4 is 10.1 Å². The molecule has 1 aromatic carbocycles. The van der Waals surface area contributed by atoms with Crippen LogP contribution in [0.2, 0.25) is 0 Å². The number of pyridine rings is 1. The molecule has 2 aromatic rings. The summed E-state index contributed by atoms with van der Waals surface area (Å²) in [7, 11) is 2.06. The maximum Gasteiger partial charge on any atom is 0.272 e. The Balaban J connectivity index is 1.67. The molecule has 1 aliphatic heterocycles. The first kappa shape index (κ1) is 18.7. The number of nitro benzene ring substituents is 1. The number of aromatic nitrogens is 1. The maximum atomic E-state index is 14.0. The van der Waals surface area contributed by atoms with Crippen molar-refractivity contribution in [1.82, 2.24) is 9.88 Å². The predicted molar refractivity (Wildman–Crippen MR) is 96.4 cm³/mol. The number of piperidine rings is 1. The molecule has 0 saturated carbocycles. The molecule has 0 aliphatic carbocycles. The minimum Gasteiger partial charge on any atom is -0.474 e. The third-order valence-electron chi connectivity index (χ3n) is 4.33. The minimum absolute atomic E-state index is 0.0618. The molecule has 142 valence electrons. The van der Waals surface area contributed by atoms with Crippen molar-refractivity contribution in [1.29, 1.82) is 0 Å². The molecule has 0 radical (unpaired) electrons. The zero-order valence-electron chi connectivity index (χ0n) is 14.7. The summed E-state index contributed by atoms with van der Waals surface area (Å²) in [5.74, 6) is -1.12. The zero-order chi connectivity index (χ0) is 19.4. The fraction of sp³-hybridized carbons (Fsp3) is 0.333. The van der Waals surface area contributed by atoms with Gasteiger partial charge in [0.1, 0.15) is 17.7 Å². The smallest absolute Gasteiger partial charge is 0.272 e. The van der Waals surface area contributed by atoms with Gasteiger partial charge in [-0.2, -0.15) is 4.98 Å². The third-order valence-corrected chi connectivity index (χ3v) is 4.33. The molecule has 27 heavy (non-hydrogen) atoms. The number of hydrogen-bond acceptors (Lipinski definition) is 6. The molecule has 1 fully saturated rings. The molecular weight excluding hydrogens is 355 g/mol. The van der Waals surface area contributed by atoms with Gasteiger partial charge in [0, 0.05) is 25.2 Å². The molecule has 8 nitrogen and oxygen atoms in total. The highest BCUT2D eigenvalue weighted by molar-refractivity contribution is 6.04. The van der Waals surface area contributed by atoms with Crippen LogP contribution in [-0.2, 0) is 0 Å². The number of benzene rings is 1. The topological polar surface area (TPSA) is 97.6 Å². The summed E-state index contributed by atoms with van der Waals surface area (Å²) in [5, 5.41) is 13.1. The third kappa shape index (κ3) is 4.76. The average Bonchev–Trinajstić information content (AvgIpc) is 2.63. The van der Waals surface area contributed by atoms with E-state index in [1.807, 2.05) is 0 Å². The lowest BCUT2D eigenvalue weighted by atomic mass is 10.1. The minimum atomic E-state index is -0.972. The van der Waals surface area contributed by atoms with Gasteiger partial charge < -0.3 is 15.0 Å². The molecule has 1 N–H and O–H groups in total. The van der Waals surface area contributed by atoms with Crippen molar-refractivity contribution in [2.24, 2.45) is 0 Å². The van der Waals surface area contributed by atoms with Gasteiger partial charge in [-0.1, -0.05) is 6.07 Å². The lowest BCUT2D eigenvalue weighted by molar-refractivity contribution is -0.385. The molecule has 2 heterocycles. The van der Waals surface area contributed by atoms with Crippen LogP contribution in [0.25, 0.3) is 0 Å². The van der Waals surface area contributed by atoms with Gasteiger partial charge in [0.2, 0.25) is 5.88 Å². The largest absolute Gasteiger partial charge is 0.474 e. The van der Waals surface area contributed by atoms with Gasteiger partial charge in [0.25, 0.3) is 11.6 Å². The lowest BCUT2D eigenvalue weighted by Gasteiger charge is -2.28. The van der Waals surface area contributed by atoms with Crippen molar-refractivity contribution in [2.45, 2.75) is 18.9 Å². The molecular formula is C18H19FN4O4. The number of non-ortho nitro benzene ring substituents is 1. The van der Waals surface area contributed by atoms with Crippen LogP contribution >= 0.6 is 0 Å². The Morgan fingerprint density at radius 3 is 2.74 bits per heavy atom. The van der Waals surface area contributed by atoms with E-state index in [1.54, 1.807) is 18.2 Å². The fourth-order valence-corrected chi connectivity index (χ4v) is 2.81. The number of carbonyl (C=O) groups excluding carboxylic acids is 1. The van der Waals surface area contributed by atoms with Crippen LogP contribution in [0.4, 0.5) is 15.9 Å². The van der Waals surface area contributed by atoms with E-state index in [-0.39, 0.29) is 17.5 Å². The van der Waals surface area contributed by atoms with Crippen molar-refractivity contribution in [3.05, 3.63) is 57.9 Å². The van der Waals surface area contributed by atoms with Crippen LogP contribution in [0.3, 0.4) is 0 Å². The number of hydrogen-bond donors (Lipinski definition) is 1. The number of ether oxygens (including phenoxy) is 1. The fourth-order valence-electron chi connectivity index (χ4n) is 2.81. The SMILES string of the molecule is CN1CCC(Oc2cccc(NC(=O)c3ccc([N+](=O)[O-])cc3F)n2)CC1. The Bertz CT molecular complexity index is 853. The summed E-state index contributed by atoms with van der Waals surface area (Å²) in [6.07, 6.45) is 1.85. The predicted octanol–water partition coefficient (Wildman–Crippen LogP) is 2.85. The summed E-state index contributed by atoms with van der Waals surface area (Å²) in [5.41, 5.74) is -0.722. The van der Waals surface area contributed by atoms with Gasteiger partial charge in [-0.3, -0.25) is 14.9 Å². The number of nitrogens with one attached hydrogen (secondary N) is 1. The first-order valence-corrected chi connectivity index (χ1v) is 8.50. The second-order valence-electron chi connectivity index (χ2n) is 6.36. The Hall–Kier alpha value is -3.07. The first-order valence-electron chi connectivity index (χ1n) is 8.50. The van der Waals surface area contributed by atoms with Gasteiger partial charge in [0.05, 0.1) is 16.6 Å². The monoisotopic (exact) mass is 374 g/mol. The van der Waals surface area contributed by atoms with Crippen molar-refractivity contribution in [3.8, 4) is 5.88 Å². The van der Waals surface area contributed by atoms with Gasteiger partial charge in [-0.15, -0.1) is 0 Å². The molecule has 0 atom stereocenters. The van der Waals surface area contributed by atoms with E-state index in [9.17, 15) is 19.3 Å². The summed E-state index contributed by atoms with van der Waals surface area (Å²) >= 11 is 0. The van der Waals surface area contributed by atoms with Crippen LogP contribution in [0.5, 0.6) is 5.88 Å². The zero-order valence-corrected chi connectivity index (χ0v) is 14.7. The molecule has 1 aromatic heterocycles. The second kappa shape index (κ2) is 8.09. The van der Waals surface area contributed by atoms with Crippen LogP contribution in [-0.4, -0.2) is 47.0 Å². The number of nitrogens with zero attached hydrogens (tertiary/aromatic N) is 3. The number of nitro groups is 1. The van der Waals surface area contributed by atoms with Crippen molar-refractivity contribution in [3.63, 3.8) is 0 Å². The van der Waals surface area contributed by atoms with E-state index in [4.69, 9.17) is 4.74 Å². The number of rotatable bonds is 5. The van der Waals surface area contributed by atoms with E-state index in [2.05, 4.69) is 22.2 Å². The average molecular weight is 374 g/mol. The van der Waals surface area contributed by atoms with E-state index in [0.717, 1.165) is 38.1 Å². The molecule has 0 spiro atoms. The van der Waals surface area contributed by atoms with Crippen molar-refractivity contribution >= 4 is 17.4 Å².